The number of ether oxygens (including phenoxy) is 1. The number of aromatic nitrogens is 2. The lowest BCUT2D eigenvalue weighted by Gasteiger charge is -2.02. The number of carbonyl (C=O) groups is 1. The highest BCUT2D eigenvalue weighted by molar-refractivity contribution is 5.81. The van der Waals surface area contributed by atoms with Crippen LogP contribution in [-0.2, 0) is 16.1 Å². The summed E-state index contributed by atoms with van der Waals surface area (Å²) in [5, 5.41) is 0. The Morgan fingerprint density at radius 2 is 2.12 bits per heavy atom. The number of fused-ring (bicyclic) bond motifs is 1. The molecule has 0 atom stereocenters. The van der Waals surface area contributed by atoms with E-state index in [1.165, 1.54) is 0 Å². The molecule has 0 aliphatic carbocycles. The Morgan fingerprint density at radius 1 is 1.38 bits per heavy atom. The highest BCUT2D eigenvalue weighted by atomic mass is 16.5. The largest absolute Gasteiger partial charge is 0.456 e. The van der Waals surface area contributed by atoms with Gasteiger partial charge in [0, 0.05) is 6.08 Å². The van der Waals surface area contributed by atoms with Crippen molar-refractivity contribution in [3.05, 3.63) is 48.8 Å². The molecule has 0 amide bonds. The summed E-state index contributed by atoms with van der Waals surface area (Å²) in [5.74, 6) is -0.463. The molecule has 1 aromatic carbocycles. The number of benzene rings is 1. The molecule has 2 aromatic rings. The quantitative estimate of drug-likeness (QED) is 0.578. The number of carbonyl (C=O) groups excluding carboxylic acids is 1. The molecule has 4 nitrogen and oxygen atoms in total. The van der Waals surface area contributed by atoms with Crippen LogP contribution in [0.3, 0.4) is 0 Å². The lowest BCUT2D eigenvalue weighted by Crippen LogP contribution is -2.02. The summed E-state index contributed by atoms with van der Waals surface area (Å²) in [6.07, 6.45) is 2.72. The summed E-state index contributed by atoms with van der Waals surface area (Å²) in [5.41, 5.74) is 2.23. The van der Waals surface area contributed by atoms with E-state index in [0.29, 0.717) is 5.69 Å². The molecule has 1 heterocycles. The fourth-order valence-electron chi connectivity index (χ4n) is 1.27. The topological polar surface area (TPSA) is 52.1 Å². The number of hydrogen-bond donors (Lipinski definition) is 0. The maximum absolute atomic E-state index is 10.9. The van der Waals surface area contributed by atoms with Gasteiger partial charge in [-0.3, -0.25) is 4.98 Å². The van der Waals surface area contributed by atoms with Crippen molar-refractivity contribution in [2.24, 2.45) is 0 Å². The number of rotatable bonds is 3. The van der Waals surface area contributed by atoms with Gasteiger partial charge in [0.05, 0.1) is 22.9 Å². The molecular formula is C12H10N2O2. The second-order valence-corrected chi connectivity index (χ2v) is 3.16. The Bertz CT molecular complexity index is 537. The van der Waals surface area contributed by atoms with Crippen LogP contribution < -0.4 is 0 Å². The molecule has 0 N–H and O–H groups in total. The smallest absolute Gasteiger partial charge is 0.330 e. The third-order valence-electron chi connectivity index (χ3n) is 2.03. The summed E-state index contributed by atoms with van der Waals surface area (Å²) in [7, 11) is 0. The minimum absolute atomic E-state index is 0.114. The first kappa shape index (κ1) is 10.3. The van der Waals surface area contributed by atoms with Crippen LogP contribution in [0.5, 0.6) is 0 Å². The maximum atomic E-state index is 10.9. The minimum Gasteiger partial charge on any atom is -0.456 e. The van der Waals surface area contributed by atoms with Crippen LogP contribution in [-0.4, -0.2) is 15.9 Å². The molecule has 0 saturated heterocycles. The number of para-hydroxylation sites is 2. The van der Waals surface area contributed by atoms with Gasteiger partial charge in [0.1, 0.15) is 6.61 Å². The van der Waals surface area contributed by atoms with Crippen LogP contribution in [0, 0.1) is 0 Å². The lowest BCUT2D eigenvalue weighted by molar-refractivity contribution is -0.139. The minimum atomic E-state index is -0.463. The molecular weight excluding hydrogens is 204 g/mol. The Hall–Kier alpha value is -2.23. The van der Waals surface area contributed by atoms with E-state index in [9.17, 15) is 4.79 Å². The van der Waals surface area contributed by atoms with Crippen molar-refractivity contribution in [1.29, 1.82) is 0 Å². The van der Waals surface area contributed by atoms with Gasteiger partial charge in [-0.1, -0.05) is 18.7 Å². The summed E-state index contributed by atoms with van der Waals surface area (Å²) in [6, 6.07) is 7.52. The number of esters is 1. The number of nitrogens with zero attached hydrogens (tertiary/aromatic N) is 2. The maximum Gasteiger partial charge on any atom is 0.330 e. The molecule has 1 aromatic heterocycles. The first-order valence-electron chi connectivity index (χ1n) is 4.79. The van der Waals surface area contributed by atoms with E-state index in [-0.39, 0.29) is 6.61 Å². The zero-order valence-corrected chi connectivity index (χ0v) is 8.59. The van der Waals surface area contributed by atoms with E-state index >= 15 is 0 Å². The zero-order chi connectivity index (χ0) is 11.4. The Morgan fingerprint density at radius 3 is 2.88 bits per heavy atom. The molecule has 80 valence electrons. The van der Waals surface area contributed by atoms with Gasteiger partial charge in [0.25, 0.3) is 0 Å². The van der Waals surface area contributed by atoms with Crippen LogP contribution in [0.1, 0.15) is 5.69 Å². The fourth-order valence-corrected chi connectivity index (χ4v) is 1.27. The van der Waals surface area contributed by atoms with Gasteiger partial charge in [0.15, 0.2) is 0 Å². The van der Waals surface area contributed by atoms with E-state index in [1.54, 1.807) is 6.20 Å². The average molecular weight is 214 g/mol. The standard InChI is InChI=1S/C12H10N2O2/c1-2-12(15)16-8-9-7-13-10-5-3-4-6-11(10)14-9/h2-7H,1,8H2. The third kappa shape index (κ3) is 2.23. The van der Waals surface area contributed by atoms with Crippen LogP contribution >= 0.6 is 0 Å². The summed E-state index contributed by atoms with van der Waals surface area (Å²) >= 11 is 0. The molecule has 0 aliphatic rings. The molecule has 4 heteroatoms. The van der Waals surface area contributed by atoms with E-state index in [4.69, 9.17) is 4.74 Å². The normalized spacial score (nSPS) is 10.0. The highest BCUT2D eigenvalue weighted by Gasteiger charge is 2.01. The Labute approximate surface area is 92.6 Å². The predicted molar refractivity (Wildman–Crippen MR) is 59.5 cm³/mol. The second-order valence-electron chi connectivity index (χ2n) is 3.16. The molecule has 16 heavy (non-hydrogen) atoms. The van der Waals surface area contributed by atoms with Crippen molar-refractivity contribution < 1.29 is 9.53 Å². The highest BCUT2D eigenvalue weighted by Crippen LogP contribution is 2.08. The van der Waals surface area contributed by atoms with Gasteiger partial charge in [0.2, 0.25) is 0 Å². The van der Waals surface area contributed by atoms with Crippen LogP contribution in [0.15, 0.2) is 43.1 Å². The summed E-state index contributed by atoms with van der Waals surface area (Å²) < 4.78 is 4.87. The van der Waals surface area contributed by atoms with Crippen molar-refractivity contribution in [2.75, 3.05) is 0 Å². The van der Waals surface area contributed by atoms with Gasteiger partial charge in [-0.25, -0.2) is 9.78 Å². The first-order chi connectivity index (χ1) is 7.79. The van der Waals surface area contributed by atoms with Gasteiger partial charge in [-0.2, -0.15) is 0 Å². The summed E-state index contributed by atoms with van der Waals surface area (Å²) in [6.45, 7) is 3.43. The monoisotopic (exact) mass is 214 g/mol. The van der Waals surface area contributed by atoms with E-state index in [1.807, 2.05) is 24.3 Å². The lowest BCUT2D eigenvalue weighted by atomic mass is 10.3. The van der Waals surface area contributed by atoms with Gasteiger partial charge in [-0.15, -0.1) is 0 Å². The molecule has 0 radical (unpaired) electrons. The first-order valence-corrected chi connectivity index (χ1v) is 4.79. The van der Waals surface area contributed by atoms with Crippen LogP contribution in [0.25, 0.3) is 11.0 Å². The van der Waals surface area contributed by atoms with Crippen LogP contribution in [0.4, 0.5) is 0 Å². The van der Waals surface area contributed by atoms with E-state index in [2.05, 4.69) is 16.5 Å². The van der Waals surface area contributed by atoms with Crippen LogP contribution in [0.2, 0.25) is 0 Å². The van der Waals surface area contributed by atoms with Crippen molar-refractivity contribution >= 4 is 17.0 Å². The van der Waals surface area contributed by atoms with Crippen molar-refractivity contribution in [3.8, 4) is 0 Å². The van der Waals surface area contributed by atoms with Gasteiger partial charge >= 0.3 is 5.97 Å². The van der Waals surface area contributed by atoms with E-state index in [0.717, 1.165) is 17.1 Å². The fraction of sp³-hybridized carbons (Fsp3) is 0.0833. The third-order valence-corrected chi connectivity index (χ3v) is 2.03. The molecule has 2 rings (SSSR count). The Balaban J connectivity index is 2.19. The van der Waals surface area contributed by atoms with Crippen molar-refractivity contribution in [3.63, 3.8) is 0 Å². The molecule has 0 spiro atoms. The average Bonchev–Trinajstić information content (AvgIpc) is 2.35. The van der Waals surface area contributed by atoms with Gasteiger partial charge in [-0.05, 0) is 12.1 Å². The second kappa shape index (κ2) is 4.53. The SMILES string of the molecule is C=CC(=O)OCc1cnc2ccccc2n1. The van der Waals surface area contributed by atoms with Gasteiger partial charge < -0.3 is 4.74 Å². The molecule has 0 bridgehead atoms. The molecule has 0 fully saturated rings. The van der Waals surface area contributed by atoms with E-state index < -0.39 is 5.97 Å². The molecule has 0 aliphatic heterocycles. The Kier molecular flexibility index (Phi) is 2.91. The molecule has 0 unspecified atom stereocenters. The molecule has 0 saturated carbocycles. The summed E-state index contributed by atoms with van der Waals surface area (Å²) in [4.78, 5) is 19.4. The zero-order valence-electron chi connectivity index (χ0n) is 8.59. The van der Waals surface area contributed by atoms with Crippen molar-refractivity contribution in [1.82, 2.24) is 9.97 Å². The van der Waals surface area contributed by atoms with Crippen molar-refractivity contribution in [2.45, 2.75) is 6.61 Å². The number of hydrogen-bond acceptors (Lipinski definition) is 4. The predicted octanol–water partition coefficient (Wildman–Crippen LogP) is 1.86.